The molecule has 0 heterocycles. The second kappa shape index (κ2) is 7.87. The fourth-order valence-electron chi connectivity index (χ4n) is 2.34. The van der Waals surface area contributed by atoms with E-state index in [1.165, 1.54) is 6.08 Å². The number of carbonyl (C=O) groups is 2. The summed E-state index contributed by atoms with van der Waals surface area (Å²) >= 11 is 0. The Morgan fingerprint density at radius 2 is 1.82 bits per heavy atom. The summed E-state index contributed by atoms with van der Waals surface area (Å²) in [6.07, 6.45) is 1.74. The number of benzene rings is 1. The van der Waals surface area contributed by atoms with Crippen LogP contribution < -0.4 is 0 Å². The molecule has 118 valence electrons. The summed E-state index contributed by atoms with van der Waals surface area (Å²) in [4.78, 5) is 23.6. The van der Waals surface area contributed by atoms with Gasteiger partial charge in [0.2, 0.25) is 0 Å². The van der Waals surface area contributed by atoms with Gasteiger partial charge in [-0.2, -0.15) is 0 Å². The summed E-state index contributed by atoms with van der Waals surface area (Å²) in [5, 5.41) is 19.4. The zero-order valence-electron chi connectivity index (χ0n) is 12.2. The Bertz CT molecular complexity index is 537. The fraction of sp³-hybridized carbons (Fsp3) is 0.412. The summed E-state index contributed by atoms with van der Waals surface area (Å²) in [5.41, 5.74) is 0.478. The number of carbonyl (C=O) groups excluding carboxylic acids is 2. The van der Waals surface area contributed by atoms with Crippen LogP contribution in [0.5, 0.6) is 0 Å². The highest BCUT2D eigenvalue weighted by atomic mass is 16.5. The quantitative estimate of drug-likeness (QED) is 0.811. The van der Waals surface area contributed by atoms with Gasteiger partial charge in [0, 0.05) is 0 Å². The zero-order chi connectivity index (χ0) is 15.9. The SMILES string of the molecule is O=C(OC1CCC=CC(=O)C(O)C(O)CC1)c1ccccc1. The predicted molar refractivity (Wildman–Crippen MR) is 80.3 cm³/mol. The molecule has 1 aliphatic rings. The molecule has 5 heteroatoms. The molecule has 0 saturated heterocycles. The van der Waals surface area contributed by atoms with Crippen molar-refractivity contribution < 1.29 is 24.5 Å². The first kappa shape index (κ1) is 16.4. The summed E-state index contributed by atoms with van der Waals surface area (Å²) in [5.74, 6) is -0.898. The van der Waals surface area contributed by atoms with Gasteiger partial charge in [0.05, 0.1) is 11.7 Å². The standard InChI is InChI=1S/C17H20O5/c18-14-9-5-4-8-13(10-11-15(19)16(14)20)22-17(21)12-6-2-1-3-7-12/h1-3,5-7,9,13,15-16,19-20H,4,8,10-11H2. The minimum absolute atomic E-state index is 0.202. The molecule has 1 aliphatic carbocycles. The van der Waals surface area contributed by atoms with E-state index in [-0.39, 0.29) is 12.5 Å². The van der Waals surface area contributed by atoms with Gasteiger partial charge in [-0.1, -0.05) is 24.3 Å². The Balaban J connectivity index is 2.00. The average molecular weight is 304 g/mol. The molecule has 0 aliphatic heterocycles. The largest absolute Gasteiger partial charge is 0.459 e. The van der Waals surface area contributed by atoms with Crippen molar-refractivity contribution in [3.8, 4) is 0 Å². The Labute approximate surface area is 129 Å². The molecule has 3 unspecified atom stereocenters. The van der Waals surface area contributed by atoms with E-state index in [0.717, 1.165) is 0 Å². The van der Waals surface area contributed by atoms with Crippen LogP contribution in [0.3, 0.4) is 0 Å². The lowest BCUT2D eigenvalue weighted by Crippen LogP contribution is -2.34. The minimum Gasteiger partial charge on any atom is -0.459 e. The average Bonchev–Trinajstić information content (AvgIpc) is 2.54. The van der Waals surface area contributed by atoms with Gasteiger partial charge in [-0.15, -0.1) is 0 Å². The molecule has 5 nitrogen and oxygen atoms in total. The zero-order valence-corrected chi connectivity index (χ0v) is 12.2. The van der Waals surface area contributed by atoms with Crippen molar-refractivity contribution in [1.82, 2.24) is 0 Å². The van der Waals surface area contributed by atoms with Crippen LogP contribution in [0.25, 0.3) is 0 Å². The molecule has 1 aromatic rings. The Morgan fingerprint density at radius 1 is 1.09 bits per heavy atom. The van der Waals surface area contributed by atoms with Gasteiger partial charge >= 0.3 is 5.97 Å². The molecule has 2 rings (SSSR count). The number of ether oxygens (including phenoxy) is 1. The number of ketones is 1. The third-order valence-electron chi connectivity index (χ3n) is 3.66. The molecule has 0 spiro atoms. The lowest BCUT2D eigenvalue weighted by Gasteiger charge is -2.22. The number of rotatable bonds is 2. The van der Waals surface area contributed by atoms with Gasteiger partial charge in [-0.3, -0.25) is 4.79 Å². The maximum Gasteiger partial charge on any atom is 0.338 e. The van der Waals surface area contributed by atoms with E-state index in [0.29, 0.717) is 24.8 Å². The van der Waals surface area contributed by atoms with Crippen LogP contribution in [0.4, 0.5) is 0 Å². The van der Waals surface area contributed by atoms with Gasteiger partial charge in [0.1, 0.15) is 12.2 Å². The highest BCUT2D eigenvalue weighted by Gasteiger charge is 2.25. The van der Waals surface area contributed by atoms with Crippen LogP contribution in [-0.2, 0) is 9.53 Å². The van der Waals surface area contributed by atoms with E-state index < -0.39 is 24.0 Å². The number of esters is 1. The molecule has 2 N–H and O–H groups in total. The molecule has 0 aromatic heterocycles. The van der Waals surface area contributed by atoms with Gasteiger partial charge in [0.15, 0.2) is 5.78 Å². The third kappa shape index (κ3) is 4.51. The van der Waals surface area contributed by atoms with E-state index in [2.05, 4.69) is 0 Å². The minimum atomic E-state index is -1.42. The lowest BCUT2D eigenvalue weighted by atomic mass is 9.98. The normalized spacial score (nSPS) is 26.5. The van der Waals surface area contributed by atoms with Crippen LogP contribution in [-0.4, -0.2) is 40.3 Å². The van der Waals surface area contributed by atoms with Crippen molar-refractivity contribution in [3.63, 3.8) is 0 Å². The maximum atomic E-state index is 12.1. The summed E-state index contributed by atoms with van der Waals surface area (Å²) in [6.45, 7) is 0. The summed E-state index contributed by atoms with van der Waals surface area (Å²) in [6, 6.07) is 8.70. The van der Waals surface area contributed by atoms with Crippen LogP contribution in [0, 0.1) is 0 Å². The highest BCUT2D eigenvalue weighted by molar-refractivity contribution is 5.93. The van der Waals surface area contributed by atoms with Gasteiger partial charge < -0.3 is 14.9 Å². The van der Waals surface area contributed by atoms with Crippen LogP contribution in [0.15, 0.2) is 42.5 Å². The molecule has 0 amide bonds. The van der Waals surface area contributed by atoms with Gasteiger partial charge in [-0.05, 0) is 43.9 Å². The fourth-order valence-corrected chi connectivity index (χ4v) is 2.34. The number of hydrogen-bond donors (Lipinski definition) is 2. The number of aliphatic hydroxyl groups excluding tert-OH is 2. The summed E-state index contributed by atoms with van der Waals surface area (Å²) in [7, 11) is 0. The second-order valence-corrected chi connectivity index (χ2v) is 5.36. The first-order valence-electron chi connectivity index (χ1n) is 7.40. The van der Waals surface area contributed by atoms with E-state index in [1.54, 1.807) is 30.3 Å². The first-order valence-corrected chi connectivity index (χ1v) is 7.40. The number of hydrogen-bond acceptors (Lipinski definition) is 5. The van der Waals surface area contributed by atoms with Crippen molar-refractivity contribution in [2.75, 3.05) is 0 Å². The summed E-state index contributed by atoms with van der Waals surface area (Å²) < 4.78 is 5.47. The van der Waals surface area contributed by atoms with Crippen LogP contribution in [0.1, 0.15) is 36.0 Å². The molecule has 1 aromatic carbocycles. The van der Waals surface area contributed by atoms with Gasteiger partial charge in [0.25, 0.3) is 0 Å². The van der Waals surface area contributed by atoms with Crippen molar-refractivity contribution >= 4 is 11.8 Å². The molecule has 0 radical (unpaired) electrons. The van der Waals surface area contributed by atoms with Crippen molar-refractivity contribution in [2.45, 2.75) is 44.0 Å². The highest BCUT2D eigenvalue weighted by Crippen LogP contribution is 2.17. The monoisotopic (exact) mass is 304 g/mol. The molecule has 0 bridgehead atoms. The van der Waals surface area contributed by atoms with E-state index in [9.17, 15) is 19.8 Å². The molecular formula is C17H20O5. The Kier molecular flexibility index (Phi) is 5.86. The Morgan fingerprint density at radius 3 is 2.55 bits per heavy atom. The second-order valence-electron chi connectivity index (χ2n) is 5.36. The molecular weight excluding hydrogens is 284 g/mol. The maximum absolute atomic E-state index is 12.1. The molecule has 3 atom stereocenters. The molecule has 0 saturated carbocycles. The van der Waals surface area contributed by atoms with E-state index in [4.69, 9.17) is 4.74 Å². The first-order chi connectivity index (χ1) is 10.6. The van der Waals surface area contributed by atoms with Crippen molar-refractivity contribution in [2.24, 2.45) is 0 Å². The van der Waals surface area contributed by atoms with Gasteiger partial charge in [-0.25, -0.2) is 4.79 Å². The third-order valence-corrected chi connectivity index (χ3v) is 3.66. The lowest BCUT2D eigenvalue weighted by molar-refractivity contribution is -0.128. The number of aliphatic hydroxyl groups is 2. The molecule has 0 fully saturated rings. The van der Waals surface area contributed by atoms with E-state index in [1.807, 2.05) is 6.07 Å². The smallest absolute Gasteiger partial charge is 0.338 e. The Hall–Kier alpha value is -1.98. The topological polar surface area (TPSA) is 83.8 Å². The molecule has 22 heavy (non-hydrogen) atoms. The van der Waals surface area contributed by atoms with Crippen LogP contribution in [0.2, 0.25) is 0 Å². The van der Waals surface area contributed by atoms with Crippen molar-refractivity contribution in [1.29, 1.82) is 0 Å². The van der Waals surface area contributed by atoms with Crippen molar-refractivity contribution in [3.05, 3.63) is 48.0 Å². The predicted octanol–water partition coefficient (Wildman–Crippen LogP) is 1.63. The number of allylic oxidation sites excluding steroid dienone is 1. The van der Waals surface area contributed by atoms with Crippen LogP contribution >= 0.6 is 0 Å². The van der Waals surface area contributed by atoms with E-state index >= 15 is 0 Å².